The average Bonchev–Trinajstić information content (AvgIpc) is 2.57. The third-order valence-corrected chi connectivity index (χ3v) is 3.74. The van der Waals surface area contributed by atoms with E-state index in [1.807, 2.05) is 12.1 Å². The summed E-state index contributed by atoms with van der Waals surface area (Å²) in [5.74, 6) is 1.11. The minimum absolute atomic E-state index is 0.123. The molecule has 0 radical (unpaired) electrons. The molecule has 2 aromatic heterocycles. The molecule has 3 aromatic rings. The zero-order valence-corrected chi connectivity index (χ0v) is 14.1. The van der Waals surface area contributed by atoms with E-state index in [9.17, 15) is 4.79 Å². The lowest BCUT2D eigenvalue weighted by Gasteiger charge is -2.08. The SMILES string of the molecule is COc1cc(OC)nc(Cn2ncc3cc(Br)ccc3c2=O)n1. The highest BCUT2D eigenvalue weighted by atomic mass is 79.9. The summed E-state index contributed by atoms with van der Waals surface area (Å²) >= 11 is 3.38. The molecule has 0 unspecified atom stereocenters. The molecule has 0 fully saturated rings. The molecular formula is C15H13BrN4O3. The predicted octanol–water partition coefficient (Wildman–Crippen LogP) is 2.01. The van der Waals surface area contributed by atoms with E-state index in [0.29, 0.717) is 23.0 Å². The van der Waals surface area contributed by atoms with Gasteiger partial charge in [0, 0.05) is 9.86 Å². The van der Waals surface area contributed by atoms with E-state index in [1.54, 1.807) is 18.3 Å². The van der Waals surface area contributed by atoms with Gasteiger partial charge in [-0.3, -0.25) is 4.79 Å². The maximum Gasteiger partial charge on any atom is 0.275 e. The monoisotopic (exact) mass is 376 g/mol. The Kier molecular flexibility index (Phi) is 4.24. The van der Waals surface area contributed by atoms with Gasteiger partial charge in [0.25, 0.3) is 5.56 Å². The van der Waals surface area contributed by atoms with Crippen LogP contribution in [0.15, 0.2) is 39.7 Å². The lowest BCUT2D eigenvalue weighted by molar-refractivity contribution is 0.366. The molecule has 1 aromatic carbocycles. The first-order chi connectivity index (χ1) is 11.1. The van der Waals surface area contributed by atoms with Crippen molar-refractivity contribution in [3.63, 3.8) is 0 Å². The van der Waals surface area contributed by atoms with Gasteiger partial charge in [0.15, 0.2) is 5.82 Å². The van der Waals surface area contributed by atoms with Crippen molar-refractivity contribution in [3.05, 3.63) is 51.1 Å². The number of benzene rings is 1. The number of methoxy groups -OCH3 is 2. The van der Waals surface area contributed by atoms with Crippen molar-refractivity contribution < 1.29 is 9.47 Å². The van der Waals surface area contributed by atoms with Gasteiger partial charge in [-0.15, -0.1) is 0 Å². The molecule has 0 aliphatic heterocycles. The van der Waals surface area contributed by atoms with E-state index < -0.39 is 0 Å². The van der Waals surface area contributed by atoms with Gasteiger partial charge in [-0.2, -0.15) is 15.1 Å². The van der Waals surface area contributed by atoms with E-state index in [1.165, 1.54) is 18.9 Å². The van der Waals surface area contributed by atoms with Crippen molar-refractivity contribution in [3.8, 4) is 11.8 Å². The van der Waals surface area contributed by atoms with Crippen molar-refractivity contribution in [2.75, 3.05) is 14.2 Å². The minimum atomic E-state index is -0.208. The Morgan fingerprint density at radius 1 is 1.13 bits per heavy atom. The summed E-state index contributed by atoms with van der Waals surface area (Å²) in [6, 6.07) is 6.99. The summed E-state index contributed by atoms with van der Waals surface area (Å²) in [5, 5.41) is 5.53. The van der Waals surface area contributed by atoms with Gasteiger partial charge in [-0.1, -0.05) is 15.9 Å². The van der Waals surface area contributed by atoms with Crippen LogP contribution in [-0.4, -0.2) is 34.0 Å². The number of ether oxygens (including phenoxy) is 2. The fourth-order valence-corrected chi connectivity index (χ4v) is 2.51. The van der Waals surface area contributed by atoms with Crippen LogP contribution in [-0.2, 0) is 6.54 Å². The maximum absolute atomic E-state index is 12.5. The van der Waals surface area contributed by atoms with Gasteiger partial charge in [0.2, 0.25) is 11.8 Å². The van der Waals surface area contributed by atoms with E-state index in [4.69, 9.17) is 9.47 Å². The first-order valence-electron chi connectivity index (χ1n) is 6.72. The predicted molar refractivity (Wildman–Crippen MR) is 87.9 cm³/mol. The zero-order chi connectivity index (χ0) is 16.4. The number of nitrogens with zero attached hydrogens (tertiary/aromatic N) is 4. The molecule has 0 atom stereocenters. The lowest BCUT2D eigenvalue weighted by Crippen LogP contribution is -2.24. The summed E-state index contributed by atoms with van der Waals surface area (Å²) in [6.07, 6.45) is 1.64. The van der Waals surface area contributed by atoms with Crippen LogP contribution >= 0.6 is 15.9 Å². The Hall–Kier alpha value is -2.48. The maximum atomic E-state index is 12.5. The molecule has 0 amide bonds. The molecule has 0 aliphatic rings. The number of aromatic nitrogens is 4. The van der Waals surface area contributed by atoms with Gasteiger partial charge in [-0.25, -0.2) is 4.68 Å². The second-order valence-corrected chi connectivity index (χ2v) is 5.62. The Labute approximate surface area is 140 Å². The summed E-state index contributed by atoms with van der Waals surface area (Å²) in [4.78, 5) is 20.9. The summed E-state index contributed by atoms with van der Waals surface area (Å²) < 4.78 is 12.4. The zero-order valence-electron chi connectivity index (χ0n) is 12.5. The molecule has 0 saturated heterocycles. The molecule has 0 bridgehead atoms. The van der Waals surface area contributed by atoms with E-state index in [2.05, 4.69) is 31.0 Å². The highest BCUT2D eigenvalue weighted by molar-refractivity contribution is 9.10. The topological polar surface area (TPSA) is 79.1 Å². The fraction of sp³-hybridized carbons (Fsp3) is 0.200. The largest absolute Gasteiger partial charge is 0.481 e. The van der Waals surface area contributed by atoms with E-state index in [-0.39, 0.29) is 12.1 Å². The molecule has 3 rings (SSSR count). The van der Waals surface area contributed by atoms with Crippen molar-refractivity contribution in [1.82, 2.24) is 19.7 Å². The first-order valence-corrected chi connectivity index (χ1v) is 7.51. The molecular weight excluding hydrogens is 364 g/mol. The van der Waals surface area contributed by atoms with E-state index in [0.717, 1.165) is 9.86 Å². The van der Waals surface area contributed by atoms with Gasteiger partial charge >= 0.3 is 0 Å². The molecule has 7 nitrogen and oxygen atoms in total. The molecule has 23 heavy (non-hydrogen) atoms. The van der Waals surface area contributed by atoms with Crippen LogP contribution in [0.2, 0.25) is 0 Å². The molecule has 118 valence electrons. The summed E-state index contributed by atoms with van der Waals surface area (Å²) in [6.45, 7) is 0.123. The standard InChI is InChI=1S/C15H13BrN4O3/c1-22-13-6-14(23-2)19-12(18-13)8-20-15(21)11-4-3-10(16)5-9(11)7-17-20/h3-7H,8H2,1-2H3. The fourth-order valence-electron chi connectivity index (χ4n) is 2.13. The first kappa shape index (κ1) is 15.4. The second-order valence-electron chi connectivity index (χ2n) is 4.71. The lowest BCUT2D eigenvalue weighted by atomic mass is 10.2. The van der Waals surface area contributed by atoms with Crippen LogP contribution < -0.4 is 15.0 Å². The Bertz CT molecular complexity index is 904. The Morgan fingerprint density at radius 2 is 1.83 bits per heavy atom. The quantitative estimate of drug-likeness (QED) is 0.692. The second kappa shape index (κ2) is 6.33. The van der Waals surface area contributed by atoms with Crippen molar-refractivity contribution in [1.29, 1.82) is 0 Å². The van der Waals surface area contributed by atoms with Gasteiger partial charge in [0.1, 0.15) is 6.54 Å². The number of rotatable bonds is 4. The van der Waals surface area contributed by atoms with Crippen molar-refractivity contribution in [2.24, 2.45) is 0 Å². The van der Waals surface area contributed by atoms with Crippen LogP contribution in [0, 0.1) is 0 Å². The third-order valence-electron chi connectivity index (χ3n) is 3.25. The molecule has 2 heterocycles. The third kappa shape index (κ3) is 3.16. The smallest absolute Gasteiger partial charge is 0.275 e. The van der Waals surface area contributed by atoms with Crippen LogP contribution in [0.1, 0.15) is 5.82 Å². The molecule has 8 heteroatoms. The summed E-state index contributed by atoms with van der Waals surface area (Å²) in [5.41, 5.74) is -0.208. The normalized spacial score (nSPS) is 10.7. The van der Waals surface area contributed by atoms with Crippen molar-refractivity contribution >= 4 is 26.7 Å². The van der Waals surface area contributed by atoms with Gasteiger partial charge in [-0.05, 0) is 18.2 Å². The van der Waals surface area contributed by atoms with Crippen molar-refractivity contribution in [2.45, 2.75) is 6.54 Å². The highest BCUT2D eigenvalue weighted by Crippen LogP contribution is 2.17. The highest BCUT2D eigenvalue weighted by Gasteiger charge is 2.10. The number of hydrogen-bond donors (Lipinski definition) is 0. The Morgan fingerprint density at radius 3 is 2.48 bits per heavy atom. The molecule has 0 aliphatic carbocycles. The Balaban J connectivity index is 2.03. The molecule has 0 saturated carbocycles. The minimum Gasteiger partial charge on any atom is -0.481 e. The van der Waals surface area contributed by atoms with Crippen LogP contribution in [0.3, 0.4) is 0 Å². The molecule has 0 N–H and O–H groups in total. The average molecular weight is 377 g/mol. The number of fused-ring (bicyclic) bond motifs is 1. The summed E-state index contributed by atoms with van der Waals surface area (Å²) in [7, 11) is 3.01. The van der Waals surface area contributed by atoms with Crippen LogP contribution in [0.4, 0.5) is 0 Å². The van der Waals surface area contributed by atoms with Crippen LogP contribution in [0.5, 0.6) is 11.8 Å². The van der Waals surface area contributed by atoms with Gasteiger partial charge < -0.3 is 9.47 Å². The van der Waals surface area contributed by atoms with Crippen LogP contribution in [0.25, 0.3) is 10.8 Å². The van der Waals surface area contributed by atoms with Gasteiger partial charge in [0.05, 0.1) is 31.9 Å². The number of hydrogen-bond acceptors (Lipinski definition) is 6. The van der Waals surface area contributed by atoms with E-state index >= 15 is 0 Å². The molecule has 0 spiro atoms. The number of halogens is 1.